The molecular formula is C15H16F2N2. The van der Waals surface area contributed by atoms with Gasteiger partial charge in [-0.2, -0.15) is 0 Å². The highest BCUT2D eigenvalue weighted by Crippen LogP contribution is 2.27. The van der Waals surface area contributed by atoms with Crippen molar-refractivity contribution in [1.82, 2.24) is 5.43 Å². The van der Waals surface area contributed by atoms with E-state index in [1.54, 1.807) is 19.1 Å². The lowest BCUT2D eigenvalue weighted by atomic mass is 9.92. The second-order valence-corrected chi connectivity index (χ2v) is 4.60. The van der Waals surface area contributed by atoms with Crippen LogP contribution in [0.15, 0.2) is 36.4 Å². The predicted molar refractivity (Wildman–Crippen MR) is 71.4 cm³/mol. The molecule has 100 valence electrons. The first-order chi connectivity index (χ1) is 9.02. The van der Waals surface area contributed by atoms with E-state index < -0.39 is 0 Å². The van der Waals surface area contributed by atoms with Crippen molar-refractivity contribution in [2.75, 3.05) is 0 Å². The summed E-state index contributed by atoms with van der Waals surface area (Å²) in [5.41, 5.74) is 5.95. The average molecular weight is 262 g/mol. The van der Waals surface area contributed by atoms with Crippen molar-refractivity contribution in [1.29, 1.82) is 0 Å². The second-order valence-electron chi connectivity index (χ2n) is 4.60. The summed E-state index contributed by atoms with van der Waals surface area (Å²) in [6.45, 7) is 3.69. The van der Waals surface area contributed by atoms with Crippen LogP contribution in [0.2, 0.25) is 0 Å². The zero-order chi connectivity index (χ0) is 14.0. The van der Waals surface area contributed by atoms with Gasteiger partial charge in [-0.1, -0.05) is 12.1 Å². The average Bonchev–Trinajstić information content (AvgIpc) is 2.36. The fourth-order valence-electron chi connectivity index (χ4n) is 2.23. The Kier molecular flexibility index (Phi) is 3.93. The Hall–Kier alpha value is -1.78. The summed E-state index contributed by atoms with van der Waals surface area (Å²) in [5.74, 6) is 4.98. The molecule has 0 aliphatic carbocycles. The smallest absolute Gasteiger partial charge is 0.123 e. The van der Waals surface area contributed by atoms with Gasteiger partial charge in [0.2, 0.25) is 0 Å². The number of aryl methyl sites for hydroxylation is 2. The number of rotatable bonds is 3. The number of hydrogen-bond acceptors (Lipinski definition) is 2. The number of hydrogen-bond donors (Lipinski definition) is 2. The fraction of sp³-hybridized carbons (Fsp3) is 0.200. The molecule has 0 aliphatic heterocycles. The fourth-order valence-corrected chi connectivity index (χ4v) is 2.23. The molecule has 3 N–H and O–H groups in total. The van der Waals surface area contributed by atoms with E-state index >= 15 is 0 Å². The van der Waals surface area contributed by atoms with Gasteiger partial charge < -0.3 is 0 Å². The second kappa shape index (κ2) is 5.47. The highest BCUT2D eigenvalue weighted by atomic mass is 19.1. The molecule has 2 nitrogen and oxygen atoms in total. The lowest BCUT2D eigenvalue weighted by molar-refractivity contribution is 0.596. The summed E-state index contributed by atoms with van der Waals surface area (Å²) >= 11 is 0. The first-order valence-electron chi connectivity index (χ1n) is 6.01. The van der Waals surface area contributed by atoms with Crippen LogP contribution in [0.25, 0.3) is 0 Å². The molecule has 0 saturated carbocycles. The minimum Gasteiger partial charge on any atom is -0.271 e. The first-order valence-corrected chi connectivity index (χ1v) is 6.01. The summed E-state index contributed by atoms with van der Waals surface area (Å²) in [4.78, 5) is 0. The highest BCUT2D eigenvalue weighted by molar-refractivity contribution is 5.40. The van der Waals surface area contributed by atoms with E-state index in [0.29, 0.717) is 0 Å². The molecule has 2 aromatic rings. The summed E-state index contributed by atoms with van der Waals surface area (Å²) < 4.78 is 26.5. The standard InChI is InChI=1S/C15H16F2N2/c1-9-3-4-12(17)8-14(9)15(19-18)13-6-5-11(16)7-10(13)2/h3-8,15,19H,18H2,1-2H3. The summed E-state index contributed by atoms with van der Waals surface area (Å²) in [7, 11) is 0. The van der Waals surface area contributed by atoms with Crippen LogP contribution >= 0.6 is 0 Å². The van der Waals surface area contributed by atoms with E-state index in [0.717, 1.165) is 22.3 Å². The molecule has 0 saturated heterocycles. The van der Waals surface area contributed by atoms with Crippen LogP contribution in [-0.4, -0.2) is 0 Å². The van der Waals surface area contributed by atoms with Gasteiger partial charge in [0.05, 0.1) is 6.04 Å². The van der Waals surface area contributed by atoms with Crippen LogP contribution in [0.5, 0.6) is 0 Å². The Bertz CT molecular complexity index is 597. The molecule has 1 atom stereocenters. The molecule has 19 heavy (non-hydrogen) atoms. The van der Waals surface area contributed by atoms with Crippen molar-refractivity contribution in [2.45, 2.75) is 19.9 Å². The van der Waals surface area contributed by atoms with E-state index in [1.165, 1.54) is 24.3 Å². The molecule has 0 spiro atoms. The van der Waals surface area contributed by atoms with E-state index in [1.807, 2.05) is 6.92 Å². The lowest BCUT2D eigenvalue weighted by Gasteiger charge is -2.21. The van der Waals surface area contributed by atoms with Gasteiger partial charge in [-0.15, -0.1) is 0 Å². The van der Waals surface area contributed by atoms with Gasteiger partial charge in [-0.25, -0.2) is 14.2 Å². The van der Waals surface area contributed by atoms with Gasteiger partial charge in [0.1, 0.15) is 11.6 Å². The molecule has 0 heterocycles. The monoisotopic (exact) mass is 262 g/mol. The van der Waals surface area contributed by atoms with Crippen molar-refractivity contribution < 1.29 is 8.78 Å². The van der Waals surface area contributed by atoms with Gasteiger partial charge in [0.15, 0.2) is 0 Å². The van der Waals surface area contributed by atoms with Crippen LogP contribution in [0.3, 0.4) is 0 Å². The molecule has 0 amide bonds. The molecular weight excluding hydrogens is 246 g/mol. The van der Waals surface area contributed by atoms with E-state index in [4.69, 9.17) is 5.84 Å². The maximum absolute atomic E-state index is 13.4. The first kappa shape index (κ1) is 13.6. The number of halogens is 2. The topological polar surface area (TPSA) is 38.0 Å². The molecule has 4 heteroatoms. The quantitative estimate of drug-likeness (QED) is 0.658. The third-order valence-corrected chi connectivity index (χ3v) is 3.26. The van der Waals surface area contributed by atoms with Crippen molar-refractivity contribution in [3.63, 3.8) is 0 Å². The Morgan fingerprint density at radius 3 is 2.16 bits per heavy atom. The van der Waals surface area contributed by atoms with E-state index in [9.17, 15) is 8.78 Å². The number of nitrogens with two attached hydrogens (primary N) is 1. The van der Waals surface area contributed by atoms with E-state index in [2.05, 4.69) is 5.43 Å². The Morgan fingerprint density at radius 1 is 0.895 bits per heavy atom. The van der Waals surface area contributed by atoms with E-state index in [-0.39, 0.29) is 17.7 Å². The third kappa shape index (κ3) is 2.80. The van der Waals surface area contributed by atoms with Gasteiger partial charge in [-0.3, -0.25) is 5.84 Å². The number of hydrazine groups is 1. The minimum atomic E-state index is -0.365. The van der Waals surface area contributed by atoms with Crippen molar-refractivity contribution in [3.8, 4) is 0 Å². The van der Waals surface area contributed by atoms with Crippen LogP contribution in [0.1, 0.15) is 28.3 Å². The normalized spacial score (nSPS) is 12.5. The lowest BCUT2D eigenvalue weighted by Crippen LogP contribution is -2.30. The van der Waals surface area contributed by atoms with Crippen LogP contribution < -0.4 is 11.3 Å². The maximum Gasteiger partial charge on any atom is 0.123 e. The molecule has 0 aromatic heterocycles. The Morgan fingerprint density at radius 2 is 1.53 bits per heavy atom. The van der Waals surface area contributed by atoms with Crippen molar-refractivity contribution in [2.24, 2.45) is 5.84 Å². The van der Waals surface area contributed by atoms with Crippen LogP contribution in [0, 0.1) is 25.5 Å². The number of benzene rings is 2. The third-order valence-electron chi connectivity index (χ3n) is 3.26. The van der Waals surface area contributed by atoms with Crippen molar-refractivity contribution >= 4 is 0 Å². The molecule has 0 fully saturated rings. The molecule has 2 rings (SSSR count). The maximum atomic E-state index is 13.4. The van der Waals surface area contributed by atoms with Gasteiger partial charge in [-0.05, 0) is 60.4 Å². The van der Waals surface area contributed by atoms with Crippen molar-refractivity contribution in [3.05, 3.63) is 70.3 Å². The summed E-state index contributed by atoms with van der Waals surface area (Å²) in [6, 6.07) is 8.67. The zero-order valence-corrected chi connectivity index (χ0v) is 10.9. The Labute approximate surface area is 111 Å². The molecule has 1 unspecified atom stereocenters. The molecule has 0 aliphatic rings. The minimum absolute atomic E-state index is 0.298. The van der Waals surface area contributed by atoms with Crippen LogP contribution in [0.4, 0.5) is 8.78 Å². The SMILES string of the molecule is Cc1cc(F)ccc1C(NN)c1cc(F)ccc1C. The van der Waals surface area contributed by atoms with Gasteiger partial charge in [0.25, 0.3) is 0 Å². The number of nitrogens with one attached hydrogen (secondary N) is 1. The van der Waals surface area contributed by atoms with Gasteiger partial charge >= 0.3 is 0 Å². The van der Waals surface area contributed by atoms with Crippen LogP contribution in [-0.2, 0) is 0 Å². The largest absolute Gasteiger partial charge is 0.271 e. The molecule has 0 radical (unpaired) electrons. The zero-order valence-electron chi connectivity index (χ0n) is 10.9. The van der Waals surface area contributed by atoms with Gasteiger partial charge in [0, 0.05) is 0 Å². The molecule has 0 bridgehead atoms. The predicted octanol–water partition coefficient (Wildman–Crippen LogP) is 3.13. The Balaban J connectivity index is 2.52. The summed E-state index contributed by atoms with van der Waals surface area (Å²) in [5, 5.41) is 0. The highest BCUT2D eigenvalue weighted by Gasteiger charge is 2.17. The molecule has 2 aromatic carbocycles. The summed E-state index contributed by atoms with van der Waals surface area (Å²) in [6.07, 6.45) is 0.